The Morgan fingerprint density at radius 1 is 1.29 bits per heavy atom. The Labute approximate surface area is 94.8 Å². The summed E-state index contributed by atoms with van der Waals surface area (Å²) in [5, 5.41) is 2.74. The standard InChI is InChI=1S/C10H10F4N2O/c11-6-4-15-5-7(6)17-9-3-1-2-8(16-9)10(12,13)14/h1-3,6-7,15H,4-5H2. The molecule has 0 bridgehead atoms. The molecule has 0 spiro atoms. The molecule has 1 aromatic rings. The molecule has 0 aliphatic carbocycles. The maximum Gasteiger partial charge on any atom is 0.433 e. The predicted octanol–water partition coefficient (Wildman–Crippen LogP) is 1.79. The van der Waals surface area contributed by atoms with Gasteiger partial charge in [-0.3, -0.25) is 0 Å². The predicted molar refractivity (Wildman–Crippen MR) is 51.4 cm³/mol. The quantitative estimate of drug-likeness (QED) is 0.812. The molecule has 2 atom stereocenters. The first kappa shape index (κ1) is 12.1. The second-order valence-electron chi connectivity index (χ2n) is 3.69. The van der Waals surface area contributed by atoms with E-state index < -0.39 is 24.1 Å². The summed E-state index contributed by atoms with van der Waals surface area (Å²) in [5.74, 6) is -0.212. The second-order valence-corrected chi connectivity index (χ2v) is 3.69. The number of hydrogen-bond donors (Lipinski definition) is 1. The Balaban J connectivity index is 2.11. The number of rotatable bonds is 2. The van der Waals surface area contributed by atoms with Gasteiger partial charge in [0.25, 0.3) is 0 Å². The lowest BCUT2D eigenvalue weighted by Crippen LogP contribution is -2.27. The van der Waals surface area contributed by atoms with Crippen LogP contribution < -0.4 is 10.1 Å². The second kappa shape index (κ2) is 4.48. The highest BCUT2D eigenvalue weighted by Gasteiger charge is 2.33. The Hall–Kier alpha value is -1.37. The van der Waals surface area contributed by atoms with Gasteiger partial charge in [-0.2, -0.15) is 13.2 Å². The van der Waals surface area contributed by atoms with Crippen molar-refractivity contribution in [1.29, 1.82) is 0 Å². The number of pyridine rings is 1. The summed E-state index contributed by atoms with van der Waals surface area (Å²) in [6, 6.07) is 3.30. The van der Waals surface area contributed by atoms with Crippen LogP contribution in [-0.2, 0) is 6.18 Å². The van der Waals surface area contributed by atoms with Gasteiger partial charge >= 0.3 is 6.18 Å². The van der Waals surface area contributed by atoms with Crippen LogP contribution in [0.2, 0.25) is 0 Å². The summed E-state index contributed by atoms with van der Waals surface area (Å²) >= 11 is 0. The van der Waals surface area contributed by atoms with Crippen molar-refractivity contribution in [3.05, 3.63) is 23.9 Å². The van der Waals surface area contributed by atoms with Crippen LogP contribution in [0, 0.1) is 0 Å². The fraction of sp³-hybridized carbons (Fsp3) is 0.500. The van der Waals surface area contributed by atoms with Crippen molar-refractivity contribution in [1.82, 2.24) is 10.3 Å². The molecule has 7 heteroatoms. The van der Waals surface area contributed by atoms with Crippen molar-refractivity contribution in [3.8, 4) is 5.88 Å². The molecule has 94 valence electrons. The highest BCUT2D eigenvalue weighted by atomic mass is 19.4. The molecule has 1 saturated heterocycles. The largest absolute Gasteiger partial charge is 0.470 e. The Bertz CT molecular complexity index is 396. The molecular weight excluding hydrogens is 240 g/mol. The third-order valence-corrected chi connectivity index (χ3v) is 2.37. The maximum atomic E-state index is 13.2. The average Bonchev–Trinajstić information content (AvgIpc) is 2.64. The number of hydrogen-bond acceptors (Lipinski definition) is 3. The van der Waals surface area contributed by atoms with Gasteiger partial charge in [0.05, 0.1) is 0 Å². The third-order valence-electron chi connectivity index (χ3n) is 2.37. The topological polar surface area (TPSA) is 34.1 Å². The van der Waals surface area contributed by atoms with Crippen LogP contribution in [0.4, 0.5) is 17.6 Å². The van der Waals surface area contributed by atoms with Gasteiger partial charge in [0.2, 0.25) is 5.88 Å². The zero-order valence-electron chi connectivity index (χ0n) is 8.67. The molecule has 0 amide bonds. The molecule has 0 aromatic carbocycles. The highest BCUT2D eigenvalue weighted by molar-refractivity contribution is 5.18. The van der Waals surface area contributed by atoms with Gasteiger partial charge in [0.1, 0.15) is 11.8 Å². The van der Waals surface area contributed by atoms with E-state index in [4.69, 9.17) is 4.74 Å². The van der Waals surface area contributed by atoms with E-state index in [1.807, 2.05) is 0 Å². The molecule has 1 aromatic heterocycles. The maximum absolute atomic E-state index is 13.2. The minimum absolute atomic E-state index is 0.142. The van der Waals surface area contributed by atoms with Crippen molar-refractivity contribution in [2.45, 2.75) is 18.5 Å². The van der Waals surface area contributed by atoms with E-state index in [-0.39, 0.29) is 19.0 Å². The molecule has 17 heavy (non-hydrogen) atoms. The van der Waals surface area contributed by atoms with Gasteiger partial charge in [-0.05, 0) is 6.07 Å². The van der Waals surface area contributed by atoms with Crippen molar-refractivity contribution >= 4 is 0 Å². The summed E-state index contributed by atoms with van der Waals surface area (Å²) in [6.45, 7) is 0.405. The van der Waals surface area contributed by atoms with Crippen molar-refractivity contribution in [3.63, 3.8) is 0 Å². The molecule has 2 heterocycles. The van der Waals surface area contributed by atoms with E-state index in [9.17, 15) is 17.6 Å². The number of aromatic nitrogens is 1. The fourth-order valence-electron chi connectivity index (χ4n) is 1.53. The van der Waals surface area contributed by atoms with Crippen molar-refractivity contribution in [2.24, 2.45) is 0 Å². The van der Waals surface area contributed by atoms with E-state index in [1.54, 1.807) is 0 Å². The Morgan fingerprint density at radius 3 is 2.65 bits per heavy atom. The third kappa shape index (κ3) is 2.85. The van der Waals surface area contributed by atoms with Crippen LogP contribution in [0.3, 0.4) is 0 Å². The van der Waals surface area contributed by atoms with Crippen LogP contribution >= 0.6 is 0 Å². The smallest absolute Gasteiger partial charge is 0.433 e. The first-order valence-electron chi connectivity index (χ1n) is 5.02. The molecule has 3 nitrogen and oxygen atoms in total. The lowest BCUT2D eigenvalue weighted by atomic mass is 10.3. The number of nitrogens with zero attached hydrogens (tertiary/aromatic N) is 1. The van der Waals surface area contributed by atoms with Crippen LogP contribution in [0.25, 0.3) is 0 Å². The molecule has 1 aliphatic heterocycles. The first-order valence-corrected chi connectivity index (χ1v) is 5.02. The number of nitrogens with one attached hydrogen (secondary N) is 1. The van der Waals surface area contributed by atoms with Gasteiger partial charge in [0.15, 0.2) is 6.17 Å². The van der Waals surface area contributed by atoms with E-state index in [2.05, 4.69) is 10.3 Å². The molecule has 1 fully saturated rings. The Kier molecular flexibility index (Phi) is 3.19. The van der Waals surface area contributed by atoms with Gasteiger partial charge in [-0.25, -0.2) is 9.37 Å². The average molecular weight is 250 g/mol. The molecule has 1 N–H and O–H groups in total. The van der Waals surface area contributed by atoms with E-state index in [0.29, 0.717) is 0 Å². The normalized spacial score (nSPS) is 24.9. The molecule has 0 saturated carbocycles. The van der Waals surface area contributed by atoms with Crippen LogP contribution in [-0.4, -0.2) is 30.3 Å². The fourth-order valence-corrected chi connectivity index (χ4v) is 1.53. The molecular formula is C10H10F4N2O. The minimum atomic E-state index is -4.53. The minimum Gasteiger partial charge on any atom is -0.470 e. The van der Waals surface area contributed by atoms with Crippen LogP contribution in [0.5, 0.6) is 5.88 Å². The van der Waals surface area contributed by atoms with E-state index in [1.165, 1.54) is 12.1 Å². The molecule has 2 rings (SSSR count). The van der Waals surface area contributed by atoms with Crippen LogP contribution in [0.15, 0.2) is 18.2 Å². The zero-order chi connectivity index (χ0) is 12.5. The van der Waals surface area contributed by atoms with E-state index >= 15 is 0 Å². The lowest BCUT2D eigenvalue weighted by Gasteiger charge is -2.15. The summed E-state index contributed by atoms with van der Waals surface area (Å²) in [6.07, 6.45) is -6.54. The van der Waals surface area contributed by atoms with Gasteiger partial charge in [0, 0.05) is 19.2 Å². The van der Waals surface area contributed by atoms with Gasteiger partial charge in [-0.1, -0.05) is 6.07 Å². The number of alkyl halides is 4. The summed E-state index contributed by atoms with van der Waals surface area (Å²) < 4.78 is 55.3. The van der Waals surface area contributed by atoms with Crippen LogP contribution in [0.1, 0.15) is 5.69 Å². The van der Waals surface area contributed by atoms with Gasteiger partial charge < -0.3 is 10.1 Å². The van der Waals surface area contributed by atoms with E-state index in [0.717, 1.165) is 6.07 Å². The SMILES string of the molecule is FC1CNCC1Oc1cccc(C(F)(F)F)n1. The zero-order valence-corrected chi connectivity index (χ0v) is 8.67. The molecule has 1 aliphatic rings. The highest BCUT2D eigenvalue weighted by Crippen LogP contribution is 2.29. The van der Waals surface area contributed by atoms with Crippen molar-refractivity contribution < 1.29 is 22.3 Å². The number of halogens is 4. The lowest BCUT2D eigenvalue weighted by molar-refractivity contribution is -0.141. The summed E-state index contributed by atoms with van der Waals surface area (Å²) in [5.41, 5.74) is -1.05. The summed E-state index contributed by atoms with van der Waals surface area (Å²) in [4.78, 5) is 3.30. The number of ether oxygens (including phenoxy) is 1. The Morgan fingerprint density at radius 2 is 2.06 bits per heavy atom. The van der Waals surface area contributed by atoms with Gasteiger partial charge in [-0.15, -0.1) is 0 Å². The molecule has 2 unspecified atom stereocenters. The monoisotopic (exact) mass is 250 g/mol. The van der Waals surface area contributed by atoms with Crippen molar-refractivity contribution in [2.75, 3.05) is 13.1 Å². The molecule has 0 radical (unpaired) electrons. The summed E-state index contributed by atoms with van der Waals surface area (Å²) in [7, 11) is 0. The first-order chi connectivity index (χ1) is 7.97.